The van der Waals surface area contributed by atoms with Crippen molar-refractivity contribution < 1.29 is 19.4 Å². The van der Waals surface area contributed by atoms with Crippen LogP contribution in [0.3, 0.4) is 0 Å². The zero-order valence-electron chi connectivity index (χ0n) is 18.4. The Kier molecular flexibility index (Phi) is 8.58. The molecule has 3 rings (SSSR count). The number of alkyl carbamates (subject to hydrolysis) is 1. The van der Waals surface area contributed by atoms with Gasteiger partial charge in [0.1, 0.15) is 17.2 Å². The molecule has 0 aromatic carbocycles. The quantitative estimate of drug-likeness (QED) is 0.319. The average Bonchev–Trinajstić information content (AvgIpc) is 3.13. The largest absolute Gasteiger partial charge is 0.446 e. The van der Waals surface area contributed by atoms with Gasteiger partial charge in [0.25, 0.3) is 0 Å². The summed E-state index contributed by atoms with van der Waals surface area (Å²) in [6.07, 6.45) is 9.28. The SMILES string of the molecule is C=CN=CC(=C)/C=C/C(=O)Nc1sc2c(c1C#N)CCC(OC(=O)NC1CCC(O)CC1)C2. The van der Waals surface area contributed by atoms with E-state index in [9.17, 15) is 20.0 Å². The molecule has 1 unspecified atom stereocenters. The van der Waals surface area contributed by atoms with Gasteiger partial charge in [-0.1, -0.05) is 13.2 Å². The Morgan fingerprint density at radius 2 is 2.00 bits per heavy atom. The van der Waals surface area contributed by atoms with Gasteiger partial charge >= 0.3 is 6.09 Å². The lowest BCUT2D eigenvalue weighted by Gasteiger charge is -2.28. The standard InChI is InChI=1S/C24H28N4O4S/c1-3-26-14-15(2)4-11-22(30)28-23-20(13-25)19-10-9-18(12-21(19)33-23)32-24(31)27-16-5-7-17(29)8-6-16/h3-4,11,14,16-18,29H,1-2,5-10,12H2,(H,27,31)(H,28,30)/b11-4+,26-14?. The zero-order valence-corrected chi connectivity index (χ0v) is 19.2. The molecule has 0 bridgehead atoms. The molecule has 2 aliphatic carbocycles. The normalized spacial score (nSPS) is 22.4. The number of nitrogens with zero attached hydrogens (tertiary/aromatic N) is 2. The number of hydrogen-bond acceptors (Lipinski definition) is 7. The first-order chi connectivity index (χ1) is 15.9. The molecule has 2 amide bonds. The first kappa shape index (κ1) is 24.4. The highest BCUT2D eigenvalue weighted by atomic mass is 32.1. The van der Waals surface area contributed by atoms with E-state index >= 15 is 0 Å². The van der Waals surface area contributed by atoms with E-state index in [1.54, 1.807) is 0 Å². The molecule has 1 aromatic heterocycles. The molecule has 33 heavy (non-hydrogen) atoms. The Morgan fingerprint density at radius 1 is 1.24 bits per heavy atom. The number of fused-ring (bicyclic) bond motifs is 1. The zero-order chi connectivity index (χ0) is 23.8. The topological polar surface area (TPSA) is 124 Å². The molecule has 8 nitrogen and oxygen atoms in total. The molecule has 9 heteroatoms. The molecule has 2 aliphatic rings. The minimum absolute atomic E-state index is 0.0287. The van der Waals surface area contributed by atoms with E-state index in [2.05, 4.69) is 34.9 Å². The minimum Gasteiger partial charge on any atom is -0.446 e. The van der Waals surface area contributed by atoms with E-state index in [1.807, 2.05) is 0 Å². The van der Waals surface area contributed by atoms with Crippen LogP contribution in [0.1, 0.15) is 48.1 Å². The highest BCUT2D eigenvalue weighted by Gasteiger charge is 2.29. The molecule has 1 aromatic rings. The molecule has 0 aliphatic heterocycles. The Morgan fingerprint density at radius 3 is 2.70 bits per heavy atom. The number of allylic oxidation sites excluding steroid dienone is 2. The third-order valence-electron chi connectivity index (χ3n) is 5.66. The van der Waals surface area contributed by atoms with Gasteiger partial charge in [-0.25, -0.2) is 4.79 Å². The molecule has 0 spiro atoms. The van der Waals surface area contributed by atoms with Gasteiger partial charge in [0.05, 0.1) is 11.7 Å². The van der Waals surface area contributed by atoms with Crippen LogP contribution in [0, 0.1) is 11.3 Å². The van der Waals surface area contributed by atoms with Crippen LogP contribution in [0.5, 0.6) is 0 Å². The maximum atomic E-state index is 12.3. The second kappa shape index (κ2) is 11.6. The lowest BCUT2D eigenvalue weighted by molar-refractivity contribution is -0.111. The molecule has 0 saturated heterocycles. The van der Waals surface area contributed by atoms with Crippen molar-refractivity contribution in [3.63, 3.8) is 0 Å². The van der Waals surface area contributed by atoms with Crippen molar-refractivity contribution in [1.29, 1.82) is 5.26 Å². The van der Waals surface area contributed by atoms with Gasteiger partial charge in [0.15, 0.2) is 0 Å². The van der Waals surface area contributed by atoms with Crippen molar-refractivity contribution in [1.82, 2.24) is 5.32 Å². The molecule has 174 valence electrons. The van der Waals surface area contributed by atoms with Gasteiger partial charge in [-0.2, -0.15) is 5.26 Å². The molecule has 1 heterocycles. The highest BCUT2D eigenvalue weighted by Crippen LogP contribution is 2.38. The van der Waals surface area contributed by atoms with Crippen molar-refractivity contribution in [2.24, 2.45) is 4.99 Å². The number of carbonyl (C=O) groups excluding carboxylic acids is 2. The number of nitrogens with one attached hydrogen (secondary N) is 2. The van der Waals surface area contributed by atoms with E-state index in [-0.39, 0.29) is 24.2 Å². The van der Waals surface area contributed by atoms with E-state index in [0.717, 1.165) is 23.3 Å². The van der Waals surface area contributed by atoms with Gasteiger partial charge in [-0.3, -0.25) is 9.79 Å². The number of aliphatic imine (C=N–C) groups is 1. The number of aliphatic hydroxyl groups is 1. The highest BCUT2D eigenvalue weighted by molar-refractivity contribution is 7.16. The number of nitriles is 1. The fraction of sp³-hybridized carbons (Fsp3) is 0.417. The van der Waals surface area contributed by atoms with Crippen LogP contribution in [0.25, 0.3) is 0 Å². The van der Waals surface area contributed by atoms with Gasteiger partial charge in [-0.15, -0.1) is 11.3 Å². The van der Waals surface area contributed by atoms with Gasteiger partial charge in [0, 0.05) is 35.8 Å². The molecule has 1 fully saturated rings. The first-order valence-corrected chi connectivity index (χ1v) is 11.7. The van der Waals surface area contributed by atoms with Gasteiger partial charge in [-0.05, 0) is 55.7 Å². The predicted octanol–water partition coefficient (Wildman–Crippen LogP) is 3.77. The number of thiophene rings is 1. The molecule has 0 radical (unpaired) electrons. The third-order valence-corrected chi connectivity index (χ3v) is 6.83. The van der Waals surface area contributed by atoms with Crippen molar-refractivity contribution in [3.05, 3.63) is 53.1 Å². The number of carbonyl (C=O) groups is 2. The number of rotatable bonds is 7. The van der Waals surface area contributed by atoms with E-state index in [0.29, 0.717) is 48.2 Å². The molecular formula is C24H28N4O4S. The van der Waals surface area contributed by atoms with Crippen LogP contribution < -0.4 is 10.6 Å². The van der Waals surface area contributed by atoms with Crippen LogP contribution in [0.2, 0.25) is 0 Å². The second-order valence-electron chi connectivity index (χ2n) is 8.10. The second-order valence-corrected chi connectivity index (χ2v) is 9.20. The van der Waals surface area contributed by atoms with E-state index in [4.69, 9.17) is 4.74 Å². The molecule has 1 saturated carbocycles. The number of hydrogen-bond donors (Lipinski definition) is 3. The van der Waals surface area contributed by atoms with Crippen LogP contribution in [0.4, 0.5) is 9.80 Å². The Bertz CT molecular complexity index is 1010. The summed E-state index contributed by atoms with van der Waals surface area (Å²) in [7, 11) is 0. The maximum absolute atomic E-state index is 12.3. The number of amides is 2. The van der Waals surface area contributed by atoms with Crippen molar-refractivity contribution in [2.75, 3.05) is 5.32 Å². The lowest BCUT2D eigenvalue weighted by atomic mass is 9.93. The van der Waals surface area contributed by atoms with Crippen LogP contribution in [-0.4, -0.2) is 41.6 Å². The third kappa shape index (κ3) is 6.88. The van der Waals surface area contributed by atoms with E-state index in [1.165, 1.54) is 35.9 Å². The first-order valence-electron chi connectivity index (χ1n) is 10.9. The Hall–Kier alpha value is -3.22. The number of ether oxygens (including phenoxy) is 1. The molecule has 3 N–H and O–H groups in total. The lowest BCUT2D eigenvalue weighted by Crippen LogP contribution is -2.41. The van der Waals surface area contributed by atoms with Crippen molar-refractivity contribution in [2.45, 2.75) is 63.2 Å². The number of aliphatic hydroxyl groups excluding tert-OH is 1. The van der Waals surface area contributed by atoms with Crippen molar-refractivity contribution >= 4 is 34.6 Å². The van der Waals surface area contributed by atoms with Gasteiger partial charge in [0.2, 0.25) is 5.91 Å². The fourth-order valence-electron chi connectivity index (χ4n) is 3.96. The summed E-state index contributed by atoms with van der Waals surface area (Å²) in [5.74, 6) is -0.372. The monoisotopic (exact) mass is 468 g/mol. The Balaban J connectivity index is 1.58. The van der Waals surface area contributed by atoms with Crippen molar-refractivity contribution in [3.8, 4) is 6.07 Å². The van der Waals surface area contributed by atoms with Crippen LogP contribution in [-0.2, 0) is 22.4 Å². The molecular weight excluding hydrogens is 440 g/mol. The van der Waals surface area contributed by atoms with E-state index < -0.39 is 6.09 Å². The average molecular weight is 469 g/mol. The summed E-state index contributed by atoms with van der Waals surface area (Å²) in [6, 6.07) is 2.23. The predicted molar refractivity (Wildman–Crippen MR) is 128 cm³/mol. The minimum atomic E-state index is -0.444. The van der Waals surface area contributed by atoms with Crippen LogP contribution >= 0.6 is 11.3 Å². The molecule has 1 atom stereocenters. The Labute approximate surface area is 197 Å². The maximum Gasteiger partial charge on any atom is 0.407 e. The summed E-state index contributed by atoms with van der Waals surface area (Å²) < 4.78 is 5.62. The number of anilines is 1. The smallest absolute Gasteiger partial charge is 0.407 e. The summed E-state index contributed by atoms with van der Waals surface area (Å²) in [4.78, 5) is 29.4. The summed E-state index contributed by atoms with van der Waals surface area (Å²) in [5, 5.41) is 25.4. The van der Waals surface area contributed by atoms with Crippen LogP contribution in [0.15, 0.2) is 42.1 Å². The summed E-state index contributed by atoms with van der Waals surface area (Å²) in [6.45, 7) is 7.23. The summed E-state index contributed by atoms with van der Waals surface area (Å²) in [5.41, 5.74) is 1.91. The van der Waals surface area contributed by atoms with Gasteiger partial charge < -0.3 is 20.5 Å². The summed E-state index contributed by atoms with van der Waals surface area (Å²) >= 11 is 1.34. The fourth-order valence-corrected chi connectivity index (χ4v) is 5.23.